The molecular weight excluding hydrogens is 354 g/mol. The minimum Gasteiger partial charge on any atom is -0.355 e. The number of nitrogens with one attached hydrogen (secondary N) is 2. The number of nitrogens with zero attached hydrogens (tertiary/aromatic N) is 3. The summed E-state index contributed by atoms with van der Waals surface area (Å²) < 4.78 is 1.77. The molecule has 3 heterocycles. The molecule has 0 saturated carbocycles. The number of hydrogen-bond donors (Lipinski definition) is 2. The van der Waals surface area contributed by atoms with Gasteiger partial charge in [-0.1, -0.05) is 23.7 Å². The lowest BCUT2D eigenvalue weighted by Gasteiger charge is -2.21. The summed E-state index contributed by atoms with van der Waals surface area (Å²) in [5.41, 5.74) is 1.65. The molecule has 7 nitrogen and oxygen atoms in total. The lowest BCUT2D eigenvalue weighted by molar-refractivity contribution is -0.119. The molecule has 2 N–H and O–H groups in total. The van der Waals surface area contributed by atoms with E-state index in [9.17, 15) is 9.59 Å². The van der Waals surface area contributed by atoms with E-state index in [-0.39, 0.29) is 17.4 Å². The maximum absolute atomic E-state index is 12.5. The molecule has 1 aromatic heterocycles. The van der Waals surface area contributed by atoms with Gasteiger partial charge in [0.15, 0.2) is 0 Å². The molecule has 2 fully saturated rings. The molecule has 2 aliphatic rings. The van der Waals surface area contributed by atoms with Crippen LogP contribution in [0, 0.1) is 5.41 Å². The Labute approximate surface area is 156 Å². The first-order chi connectivity index (χ1) is 12.5. The first-order valence-electron chi connectivity index (χ1n) is 8.61. The van der Waals surface area contributed by atoms with Crippen LogP contribution >= 0.6 is 11.6 Å². The molecule has 0 radical (unpaired) electrons. The molecule has 3 amide bonds. The van der Waals surface area contributed by atoms with Gasteiger partial charge in [0.25, 0.3) is 0 Å². The summed E-state index contributed by atoms with van der Waals surface area (Å²) >= 11 is 5.89. The zero-order chi connectivity index (χ0) is 18.1. The predicted molar refractivity (Wildman–Crippen MR) is 98.0 cm³/mol. The number of likely N-dealkylation sites (tertiary alicyclic amines) is 1. The standard InChI is InChI=1S/C18H20ClN5O2/c19-14-3-1-13(2-4-14)9-24-10-15(8-21-24)22-17(26)23-6-5-18(12-23)7-16(25)20-11-18/h1-4,8,10H,5-7,9,11-12H2,(H,20,25)(H,22,26). The van der Waals surface area contributed by atoms with Gasteiger partial charge in [0, 0.05) is 42.7 Å². The SMILES string of the molecule is O=C1CC2(CCN(C(=O)Nc3cnn(Cc4ccc(Cl)cc4)c3)C2)CN1. The number of benzene rings is 1. The van der Waals surface area contributed by atoms with Crippen molar-refractivity contribution in [3.63, 3.8) is 0 Å². The van der Waals surface area contributed by atoms with Gasteiger partial charge in [0.1, 0.15) is 0 Å². The largest absolute Gasteiger partial charge is 0.355 e. The molecule has 136 valence electrons. The van der Waals surface area contributed by atoms with E-state index >= 15 is 0 Å². The fourth-order valence-corrected chi connectivity index (χ4v) is 3.77. The van der Waals surface area contributed by atoms with Crippen molar-refractivity contribution in [2.75, 3.05) is 25.0 Å². The summed E-state index contributed by atoms with van der Waals surface area (Å²) in [6.07, 6.45) is 4.81. The average molecular weight is 374 g/mol. The van der Waals surface area contributed by atoms with E-state index in [1.165, 1.54) is 0 Å². The number of carbonyl (C=O) groups is 2. The number of aromatic nitrogens is 2. The Morgan fingerprint density at radius 3 is 2.88 bits per heavy atom. The van der Waals surface area contributed by atoms with Crippen LogP contribution in [0.15, 0.2) is 36.7 Å². The summed E-state index contributed by atoms with van der Waals surface area (Å²) in [7, 11) is 0. The second kappa shape index (κ2) is 6.64. The Hall–Kier alpha value is -2.54. The van der Waals surface area contributed by atoms with Gasteiger partial charge in [-0.05, 0) is 24.1 Å². The van der Waals surface area contributed by atoms with Crippen LogP contribution in [0.25, 0.3) is 0 Å². The second-order valence-electron chi connectivity index (χ2n) is 7.11. The zero-order valence-electron chi connectivity index (χ0n) is 14.2. The van der Waals surface area contributed by atoms with Crippen LogP contribution in [-0.2, 0) is 11.3 Å². The monoisotopic (exact) mass is 373 g/mol. The Morgan fingerprint density at radius 2 is 2.15 bits per heavy atom. The summed E-state index contributed by atoms with van der Waals surface area (Å²) in [5.74, 6) is 0.0794. The lowest BCUT2D eigenvalue weighted by Crippen LogP contribution is -2.36. The highest BCUT2D eigenvalue weighted by molar-refractivity contribution is 6.30. The first kappa shape index (κ1) is 16.9. The summed E-state index contributed by atoms with van der Waals surface area (Å²) in [6, 6.07) is 7.43. The number of halogens is 1. The lowest BCUT2D eigenvalue weighted by atomic mass is 9.86. The average Bonchev–Trinajstić information content (AvgIpc) is 3.32. The first-order valence-corrected chi connectivity index (χ1v) is 8.99. The minimum absolute atomic E-state index is 0.0794. The number of rotatable bonds is 3. The van der Waals surface area contributed by atoms with Crippen LogP contribution in [0.4, 0.5) is 10.5 Å². The van der Waals surface area contributed by atoms with Crippen LogP contribution < -0.4 is 10.6 Å². The molecule has 4 rings (SSSR count). The van der Waals surface area contributed by atoms with Gasteiger partial charge in [-0.15, -0.1) is 0 Å². The number of amides is 3. The molecule has 2 aromatic rings. The Kier molecular flexibility index (Phi) is 4.32. The number of hydrogen-bond acceptors (Lipinski definition) is 3. The molecule has 1 spiro atoms. The van der Waals surface area contributed by atoms with Crippen molar-refractivity contribution in [1.29, 1.82) is 0 Å². The molecule has 1 unspecified atom stereocenters. The van der Waals surface area contributed by atoms with E-state index in [2.05, 4.69) is 15.7 Å². The van der Waals surface area contributed by atoms with Gasteiger partial charge in [0.05, 0.1) is 18.4 Å². The van der Waals surface area contributed by atoms with Crippen LogP contribution in [0.2, 0.25) is 5.02 Å². The van der Waals surface area contributed by atoms with Crippen molar-refractivity contribution in [3.8, 4) is 0 Å². The third-order valence-corrected chi connectivity index (χ3v) is 5.32. The molecule has 0 bridgehead atoms. The van der Waals surface area contributed by atoms with Crippen LogP contribution in [-0.4, -0.2) is 46.3 Å². The summed E-state index contributed by atoms with van der Waals surface area (Å²) in [6.45, 7) is 2.54. The van der Waals surface area contributed by atoms with E-state index in [1.54, 1.807) is 22.0 Å². The van der Waals surface area contributed by atoms with Crippen LogP contribution in [0.5, 0.6) is 0 Å². The van der Waals surface area contributed by atoms with Gasteiger partial charge < -0.3 is 15.5 Å². The highest BCUT2D eigenvalue weighted by Crippen LogP contribution is 2.36. The van der Waals surface area contributed by atoms with Crippen molar-refractivity contribution in [2.45, 2.75) is 19.4 Å². The topological polar surface area (TPSA) is 79.3 Å². The van der Waals surface area contributed by atoms with Crippen molar-refractivity contribution in [2.24, 2.45) is 5.41 Å². The van der Waals surface area contributed by atoms with E-state index in [1.807, 2.05) is 24.3 Å². The van der Waals surface area contributed by atoms with Crippen molar-refractivity contribution in [1.82, 2.24) is 20.0 Å². The molecule has 26 heavy (non-hydrogen) atoms. The van der Waals surface area contributed by atoms with E-state index in [0.717, 1.165) is 12.0 Å². The van der Waals surface area contributed by atoms with Gasteiger partial charge in [0.2, 0.25) is 5.91 Å². The smallest absolute Gasteiger partial charge is 0.321 e. The van der Waals surface area contributed by atoms with Gasteiger partial charge in [-0.3, -0.25) is 9.48 Å². The van der Waals surface area contributed by atoms with E-state index in [0.29, 0.717) is 43.3 Å². The highest BCUT2D eigenvalue weighted by Gasteiger charge is 2.45. The fourth-order valence-electron chi connectivity index (χ4n) is 3.64. The second-order valence-corrected chi connectivity index (χ2v) is 7.54. The molecule has 8 heteroatoms. The fraction of sp³-hybridized carbons (Fsp3) is 0.389. The van der Waals surface area contributed by atoms with Crippen molar-refractivity contribution in [3.05, 3.63) is 47.2 Å². The zero-order valence-corrected chi connectivity index (χ0v) is 15.0. The Balaban J connectivity index is 1.34. The summed E-state index contributed by atoms with van der Waals surface area (Å²) in [4.78, 5) is 25.8. The van der Waals surface area contributed by atoms with Gasteiger partial charge in [-0.2, -0.15) is 5.10 Å². The Bertz CT molecular complexity index is 834. The predicted octanol–water partition coefficient (Wildman–Crippen LogP) is 2.33. The number of carbonyl (C=O) groups excluding carboxylic acids is 2. The maximum Gasteiger partial charge on any atom is 0.321 e. The molecule has 2 saturated heterocycles. The number of anilines is 1. The minimum atomic E-state index is -0.146. The maximum atomic E-state index is 12.5. The van der Waals surface area contributed by atoms with Gasteiger partial charge >= 0.3 is 6.03 Å². The molecule has 1 aromatic carbocycles. The molecular formula is C18H20ClN5O2. The third-order valence-electron chi connectivity index (χ3n) is 5.06. The number of urea groups is 1. The highest BCUT2D eigenvalue weighted by atomic mass is 35.5. The normalized spacial score (nSPS) is 22.0. The van der Waals surface area contributed by atoms with Gasteiger partial charge in [-0.25, -0.2) is 4.79 Å². The third kappa shape index (κ3) is 3.53. The van der Waals surface area contributed by atoms with Crippen LogP contribution in [0.3, 0.4) is 0 Å². The van der Waals surface area contributed by atoms with Crippen molar-refractivity contribution >= 4 is 29.2 Å². The molecule has 0 aliphatic carbocycles. The van der Waals surface area contributed by atoms with E-state index in [4.69, 9.17) is 11.6 Å². The van der Waals surface area contributed by atoms with Crippen molar-refractivity contribution < 1.29 is 9.59 Å². The quantitative estimate of drug-likeness (QED) is 0.866. The molecule has 1 atom stereocenters. The van der Waals surface area contributed by atoms with Crippen LogP contribution in [0.1, 0.15) is 18.4 Å². The van der Waals surface area contributed by atoms with E-state index < -0.39 is 0 Å². The summed E-state index contributed by atoms with van der Waals surface area (Å²) in [5, 5.41) is 10.8. The molecule has 2 aliphatic heterocycles. The Morgan fingerprint density at radius 1 is 1.35 bits per heavy atom.